The predicted octanol–water partition coefficient (Wildman–Crippen LogP) is 26.7. The predicted molar refractivity (Wildman–Crippen MR) is 387 cm³/mol. The maximum absolute atomic E-state index is 12.6. The van der Waals surface area contributed by atoms with Crippen LogP contribution in [0.25, 0.3) is 0 Å². The van der Waals surface area contributed by atoms with E-state index in [0.29, 0.717) is 12.8 Å². The molecule has 500 valence electrons. The third-order valence-electron chi connectivity index (χ3n) is 17.6. The summed E-state index contributed by atoms with van der Waals surface area (Å²) in [7, 11) is 0. The number of hydrogen-bond acceptors (Lipinski definition) is 3. The molecule has 0 aliphatic rings. The lowest BCUT2D eigenvalue weighted by atomic mass is 10.0. The van der Waals surface area contributed by atoms with Crippen molar-refractivity contribution in [3.05, 3.63) is 97.2 Å². The van der Waals surface area contributed by atoms with Crippen LogP contribution in [0.1, 0.15) is 399 Å². The zero-order valence-corrected chi connectivity index (χ0v) is 57.8. The molecule has 2 unspecified atom stereocenters. The minimum absolute atomic E-state index is 0.0273. The number of amides is 1. The maximum atomic E-state index is 12.6. The number of nitrogens with one attached hydrogen (secondary N) is 1. The van der Waals surface area contributed by atoms with Crippen molar-refractivity contribution in [2.45, 2.75) is 411 Å². The Labute approximate surface area is 538 Å². The molecule has 0 aliphatic heterocycles. The topological polar surface area (TPSA) is 69.6 Å². The number of carbonyl (C=O) groups is 1. The number of rotatable bonds is 71. The highest BCUT2D eigenvalue weighted by atomic mass is 16.3. The zero-order valence-electron chi connectivity index (χ0n) is 57.8. The maximum Gasteiger partial charge on any atom is 0.220 e. The summed E-state index contributed by atoms with van der Waals surface area (Å²) in [6, 6.07) is -0.542. The first-order chi connectivity index (χ1) is 42.7. The van der Waals surface area contributed by atoms with Crippen molar-refractivity contribution >= 4 is 5.91 Å². The molecule has 0 fully saturated rings. The number of hydrogen-bond donors (Lipinski definition) is 3. The molecule has 0 bridgehead atoms. The fourth-order valence-corrected chi connectivity index (χ4v) is 11.9. The highest BCUT2D eigenvalue weighted by Crippen LogP contribution is 2.19. The van der Waals surface area contributed by atoms with Crippen molar-refractivity contribution in [1.82, 2.24) is 5.32 Å². The van der Waals surface area contributed by atoms with E-state index in [9.17, 15) is 15.0 Å². The van der Waals surface area contributed by atoms with Crippen LogP contribution in [0.5, 0.6) is 0 Å². The summed E-state index contributed by atoms with van der Waals surface area (Å²) in [5.74, 6) is -0.0273. The molecule has 0 radical (unpaired) electrons. The first-order valence-electron chi connectivity index (χ1n) is 38.4. The van der Waals surface area contributed by atoms with E-state index in [2.05, 4.69) is 116 Å². The highest BCUT2D eigenvalue weighted by molar-refractivity contribution is 5.76. The fraction of sp³-hybridized carbons (Fsp3) is 0.793. The molecule has 0 rings (SSSR count). The van der Waals surface area contributed by atoms with Crippen molar-refractivity contribution in [3.63, 3.8) is 0 Å². The van der Waals surface area contributed by atoms with Crippen molar-refractivity contribution < 1.29 is 15.0 Å². The van der Waals surface area contributed by atoms with E-state index in [0.717, 1.165) is 77.0 Å². The van der Waals surface area contributed by atoms with E-state index in [1.807, 2.05) is 0 Å². The summed E-state index contributed by atoms with van der Waals surface area (Å²) in [5, 5.41) is 23.5. The van der Waals surface area contributed by atoms with E-state index in [1.165, 1.54) is 295 Å². The van der Waals surface area contributed by atoms with Gasteiger partial charge in [0.15, 0.2) is 0 Å². The second-order valence-electron chi connectivity index (χ2n) is 26.1. The van der Waals surface area contributed by atoms with E-state index >= 15 is 0 Å². The van der Waals surface area contributed by atoms with Crippen LogP contribution in [0.2, 0.25) is 0 Å². The third kappa shape index (κ3) is 72.1. The fourth-order valence-electron chi connectivity index (χ4n) is 11.9. The molecule has 0 aromatic rings. The Morgan fingerprint density at radius 1 is 0.291 bits per heavy atom. The number of carbonyl (C=O) groups excluding carboxylic acids is 1. The first kappa shape index (κ1) is 83.3. The van der Waals surface area contributed by atoms with Crippen LogP contribution in [0.15, 0.2) is 97.2 Å². The molecule has 2 atom stereocenters. The van der Waals surface area contributed by atoms with Gasteiger partial charge in [0.2, 0.25) is 5.91 Å². The van der Waals surface area contributed by atoms with Gasteiger partial charge in [-0.2, -0.15) is 0 Å². The average Bonchev–Trinajstić information content (AvgIpc) is 3.59. The molecule has 0 aliphatic carbocycles. The Morgan fingerprint density at radius 2 is 0.512 bits per heavy atom. The van der Waals surface area contributed by atoms with Gasteiger partial charge in [0.1, 0.15) is 0 Å². The summed E-state index contributed by atoms with van der Waals surface area (Å²) >= 11 is 0. The standard InChI is InChI=1S/C82H149NO3/c1-3-5-7-9-11-13-15-17-19-21-23-25-27-29-31-33-35-37-38-39-40-41-42-43-44-46-48-50-52-54-56-58-60-62-64-66-68-70-72-74-76-78-82(86)83-80(79-84)81(85)77-75-73-71-69-67-65-63-61-59-57-55-53-51-49-47-45-36-34-32-30-28-26-24-22-20-18-16-14-12-10-8-6-4-2/h5,7,11,13,17,19,23,25,29,31,35,37,39-40,42-43,80-81,84-85H,3-4,6,8-10,12,14-16,18,20-22,24,26-28,30,32-34,36,38,41,44-79H2,1-2H3,(H,83,86)/b7-5-,13-11-,19-17-,25-23-,31-29-,37-35-,40-39-,43-42-. The molecule has 4 nitrogen and oxygen atoms in total. The third-order valence-corrected chi connectivity index (χ3v) is 17.6. The second-order valence-corrected chi connectivity index (χ2v) is 26.1. The summed E-state index contributed by atoms with van der Waals surface area (Å²) in [6.45, 7) is 4.28. The Morgan fingerprint density at radius 3 is 0.767 bits per heavy atom. The van der Waals surface area contributed by atoms with E-state index < -0.39 is 12.1 Å². The van der Waals surface area contributed by atoms with Gasteiger partial charge in [-0.1, -0.05) is 413 Å². The SMILES string of the molecule is CC/C=C\C/C=C\C/C=C\C/C=C\C/C=C\C/C=C\C/C=C\C/C=C\CCCCCCCCCCCCCCCCCCC(=O)NC(CO)C(O)CCCCCCCCCCCCCCCCCCCCCCCCCCCCCCCCCCC. The molecule has 4 heteroatoms. The minimum atomic E-state index is -0.665. The molecule has 1 amide bonds. The molecule has 0 aromatic carbocycles. The van der Waals surface area contributed by atoms with Crippen molar-refractivity contribution in [2.75, 3.05) is 6.61 Å². The van der Waals surface area contributed by atoms with Gasteiger partial charge in [0, 0.05) is 6.42 Å². The smallest absolute Gasteiger partial charge is 0.220 e. The molecule has 0 saturated carbocycles. The molecule has 0 spiro atoms. The Balaban J connectivity index is 3.44. The minimum Gasteiger partial charge on any atom is -0.394 e. The second kappa shape index (κ2) is 76.6. The molecule has 0 heterocycles. The van der Waals surface area contributed by atoms with Crippen LogP contribution < -0.4 is 5.32 Å². The Bertz CT molecular complexity index is 1550. The number of allylic oxidation sites excluding steroid dienone is 16. The van der Waals surface area contributed by atoms with Crippen molar-refractivity contribution in [2.24, 2.45) is 0 Å². The van der Waals surface area contributed by atoms with Crippen LogP contribution in [0.3, 0.4) is 0 Å². The van der Waals surface area contributed by atoms with Crippen LogP contribution in [-0.4, -0.2) is 34.9 Å². The summed E-state index contributed by atoms with van der Waals surface area (Å²) in [4.78, 5) is 12.6. The molecule has 86 heavy (non-hydrogen) atoms. The molecule has 0 aromatic heterocycles. The van der Waals surface area contributed by atoms with Gasteiger partial charge < -0.3 is 15.5 Å². The number of aliphatic hydroxyl groups excluding tert-OH is 2. The van der Waals surface area contributed by atoms with Gasteiger partial charge in [-0.15, -0.1) is 0 Å². The van der Waals surface area contributed by atoms with Crippen LogP contribution in [0, 0.1) is 0 Å². The van der Waals surface area contributed by atoms with Crippen LogP contribution in [0.4, 0.5) is 0 Å². The monoisotopic (exact) mass is 1200 g/mol. The number of aliphatic hydroxyl groups is 2. The molecular formula is C82H149NO3. The van der Waals surface area contributed by atoms with E-state index in [-0.39, 0.29) is 12.5 Å². The van der Waals surface area contributed by atoms with Crippen molar-refractivity contribution in [1.29, 1.82) is 0 Å². The highest BCUT2D eigenvalue weighted by Gasteiger charge is 2.20. The lowest BCUT2D eigenvalue weighted by molar-refractivity contribution is -0.123. The quantitative estimate of drug-likeness (QED) is 0.0420. The Kier molecular flexibility index (Phi) is 74.2. The lowest BCUT2D eigenvalue weighted by Gasteiger charge is -2.22. The van der Waals surface area contributed by atoms with Gasteiger partial charge in [0.05, 0.1) is 18.8 Å². The van der Waals surface area contributed by atoms with Crippen molar-refractivity contribution in [3.8, 4) is 0 Å². The number of unbranched alkanes of at least 4 members (excludes halogenated alkanes) is 48. The molecule has 3 N–H and O–H groups in total. The van der Waals surface area contributed by atoms with Gasteiger partial charge in [-0.25, -0.2) is 0 Å². The van der Waals surface area contributed by atoms with Crippen LogP contribution >= 0.6 is 0 Å². The van der Waals surface area contributed by atoms with E-state index in [4.69, 9.17) is 0 Å². The molecular weight excluding hydrogens is 1050 g/mol. The van der Waals surface area contributed by atoms with E-state index in [1.54, 1.807) is 0 Å². The average molecular weight is 1200 g/mol. The van der Waals surface area contributed by atoms with Gasteiger partial charge in [0.25, 0.3) is 0 Å². The first-order valence-corrected chi connectivity index (χ1v) is 38.4. The summed E-state index contributed by atoms with van der Waals surface area (Å²) in [6.07, 6.45) is 114. The zero-order chi connectivity index (χ0) is 61.9. The lowest BCUT2D eigenvalue weighted by Crippen LogP contribution is -2.45. The summed E-state index contributed by atoms with van der Waals surface area (Å²) in [5.41, 5.74) is 0. The normalized spacial score (nSPS) is 13.2. The van der Waals surface area contributed by atoms with Crippen LogP contribution in [-0.2, 0) is 4.79 Å². The summed E-state index contributed by atoms with van der Waals surface area (Å²) < 4.78 is 0. The Hall–Kier alpha value is -2.69. The largest absolute Gasteiger partial charge is 0.394 e. The van der Waals surface area contributed by atoms with Gasteiger partial charge in [-0.05, 0) is 77.0 Å². The molecule has 0 saturated heterocycles. The van der Waals surface area contributed by atoms with Gasteiger partial charge >= 0.3 is 0 Å². The van der Waals surface area contributed by atoms with Gasteiger partial charge in [-0.3, -0.25) is 4.79 Å².